The van der Waals surface area contributed by atoms with Crippen molar-refractivity contribution in [3.8, 4) is 16.9 Å². The fourth-order valence-corrected chi connectivity index (χ4v) is 3.88. The third-order valence-electron chi connectivity index (χ3n) is 5.34. The van der Waals surface area contributed by atoms with Crippen LogP contribution in [0, 0.1) is 6.92 Å². The summed E-state index contributed by atoms with van der Waals surface area (Å²) in [6.07, 6.45) is 3.98. The summed E-state index contributed by atoms with van der Waals surface area (Å²) in [4.78, 5) is 7.26. The van der Waals surface area contributed by atoms with Gasteiger partial charge in [0.15, 0.2) is 5.65 Å². The van der Waals surface area contributed by atoms with Crippen LogP contribution in [0.15, 0.2) is 36.7 Å². The monoisotopic (exact) mass is 364 g/mol. The van der Waals surface area contributed by atoms with Crippen LogP contribution in [0.25, 0.3) is 16.8 Å². The van der Waals surface area contributed by atoms with Crippen LogP contribution in [0.5, 0.6) is 5.75 Å². The Hall–Kier alpha value is -2.64. The molecule has 4 heterocycles. The molecule has 0 spiro atoms. The average molecular weight is 364 g/mol. The summed E-state index contributed by atoms with van der Waals surface area (Å²) in [5, 5.41) is 11.4. The van der Waals surface area contributed by atoms with Crippen molar-refractivity contribution in [2.45, 2.75) is 13.0 Å². The highest BCUT2D eigenvalue weighted by atomic mass is 16.5. The molecule has 3 aromatic rings. The predicted octanol–water partition coefficient (Wildman–Crippen LogP) is 1.78. The van der Waals surface area contributed by atoms with Gasteiger partial charge in [-0.2, -0.15) is 5.10 Å². The zero-order valence-electron chi connectivity index (χ0n) is 15.5. The van der Waals surface area contributed by atoms with E-state index in [0.29, 0.717) is 0 Å². The lowest BCUT2D eigenvalue weighted by Crippen LogP contribution is -2.38. The van der Waals surface area contributed by atoms with Crippen LogP contribution < -0.4 is 15.4 Å². The molecule has 0 saturated carbocycles. The number of fused-ring (bicyclic) bond motifs is 6. The largest absolute Gasteiger partial charge is 0.488 e. The van der Waals surface area contributed by atoms with Crippen molar-refractivity contribution in [3.05, 3.63) is 42.2 Å². The van der Waals surface area contributed by atoms with Gasteiger partial charge in [-0.3, -0.25) is 4.90 Å². The van der Waals surface area contributed by atoms with Gasteiger partial charge in [-0.1, -0.05) is 6.07 Å². The molecule has 6 bridgehead atoms. The van der Waals surface area contributed by atoms with Gasteiger partial charge < -0.3 is 15.4 Å². The van der Waals surface area contributed by atoms with Crippen LogP contribution in [0.3, 0.4) is 0 Å². The molecule has 5 rings (SSSR count). The number of aryl methyl sites for hydroxylation is 1. The Morgan fingerprint density at radius 3 is 3.04 bits per heavy atom. The van der Waals surface area contributed by atoms with E-state index in [1.54, 1.807) is 0 Å². The maximum Gasteiger partial charge on any atom is 0.165 e. The van der Waals surface area contributed by atoms with Crippen LogP contribution in [-0.2, 0) is 0 Å². The minimum absolute atomic E-state index is 0.133. The Morgan fingerprint density at radius 1 is 1.15 bits per heavy atom. The maximum atomic E-state index is 6.36. The first-order valence-corrected chi connectivity index (χ1v) is 9.55. The summed E-state index contributed by atoms with van der Waals surface area (Å²) in [6.45, 7) is 7.72. The van der Waals surface area contributed by atoms with E-state index >= 15 is 0 Å². The fourth-order valence-electron chi connectivity index (χ4n) is 3.88. The van der Waals surface area contributed by atoms with E-state index < -0.39 is 0 Å². The molecule has 0 amide bonds. The van der Waals surface area contributed by atoms with Crippen molar-refractivity contribution < 1.29 is 4.74 Å². The number of hydrogen-bond donors (Lipinski definition) is 2. The predicted molar refractivity (Wildman–Crippen MR) is 105 cm³/mol. The Labute approximate surface area is 158 Å². The molecule has 1 fully saturated rings. The van der Waals surface area contributed by atoms with Gasteiger partial charge in [-0.05, 0) is 36.2 Å². The minimum atomic E-state index is 0.133. The maximum absolute atomic E-state index is 6.36. The molecule has 0 radical (unpaired) electrons. The van der Waals surface area contributed by atoms with E-state index in [2.05, 4.69) is 45.8 Å². The first kappa shape index (κ1) is 16.5. The van der Waals surface area contributed by atoms with E-state index in [1.807, 2.05) is 23.0 Å². The van der Waals surface area contributed by atoms with Gasteiger partial charge >= 0.3 is 0 Å². The number of anilines is 1. The van der Waals surface area contributed by atoms with E-state index in [1.165, 1.54) is 5.56 Å². The Kier molecular flexibility index (Phi) is 4.18. The first-order valence-electron chi connectivity index (χ1n) is 9.55. The average Bonchev–Trinajstić information content (AvgIpc) is 2.95. The number of nitrogens with one attached hydrogen (secondary N) is 2. The number of hydrogen-bond acceptors (Lipinski definition) is 6. The lowest BCUT2D eigenvalue weighted by molar-refractivity contribution is 0.153. The summed E-state index contributed by atoms with van der Waals surface area (Å²) in [5.74, 6) is 1.78. The number of aromatic nitrogens is 3. The summed E-state index contributed by atoms with van der Waals surface area (Å²) in [6, 6.07) is 8.28. The molecule has 0 aliphatic carbocycles. The second-order valence-corrected chi connectivity index (χ2v) is 7.29. The standard InChI is InChI=1S/C20H24N6O/c1-14-2-3-15-10-17(14)18-12-23-26-7-4-19(24-20(18)26)22-6-9-25-8-5-21-11-16(13-25)27-15/h2-4,7,10,12,16,21H,5-6,8-9,11,13H2,1H3,(H,22,24)/t16-/m1/s1. The van der Waals surface area contributed by atoms with Gasteiger partial charge in [0.25, 0.3) is 0 Å². The Morgan fingerprint density at radius 2 is 2.07 bits per heavy atom. The fraction of sp³-hybridized carbons (Fsp3) is 0.400. The Bertz CT molecular complexity index is 968. The van der Waals surface area contributed by atoms with Crippen LogP contribution >= 0.6 is 0 Å². The summed E-state index contributed by atoms with van der Waals surface area (Å²) in [7, 11) is 0. The summed E-state index contributed by atoms with van der Waals surface area (Å²) in [5.41, 5.74) is 4.18. The highest BCUT2D eigenvalue weighted by Crippen LogP contribution is 2.31. The third-order valence-corrected chi connectivity index (χ3v) is 5.34. The highest BCUT2D eigenvalue weighted by molar-refractivity contribution is 5.80. The zero-order valence-corrected chi connectivity index (χ0v) is 15.5. The van der Waals surface area contributed by atoms with Crippen LogP contribution in [-0.4, -0.2) is 64.9 Å². The van der Waals surface area contributed by atoms with Gasteiger partial charge in [0.05, 0.1) is 6.20 Å². The van der Waals surface area contributed by atoms with Gasteiger partial charge in [-0.25, -0.2) is 9.50 Å². The zero-order chi connectivity index (χ0) is 18.2. The molecule has 7 heteroatoms. The second-order valence-electron chi connectivity index (χ2n) is 7.29. The molecule has 140 valence electrons. The number of nitrogens with zero attached hydrogens (tertiary/aromatic N) is 4. The van der Waals surface area contributed by atoms with Gasteiger partial charge in [0.2, 0.25) is 0 Å². The summed E-state index contributed by atoms with van der Waals surface area (Å²) < 4.78 is 8.19. The quantitative estimate of drug-likeness (QED) is 0.634. The number of rotatable bonds is 0. The van der Waals surface area contributed by atoms with E-state index in [4.69, 9.17) is 9.72 Å². The highest BCUT2D eigenvalue weighted by Gasteiger charge is 2.20. The van der Waals surface area contributed by atoms with Gasteiger partial charge in [0, 0.05) is 51.0 Å². The van der Waals surface area contributed by atoms with E-state index in [0.717, 1.165) is 67.6 Å². The smallest absolute Gasteiger partial charge is 0.165 e. The van der Waals surface area contributed by atoms with E-state index in [-0.39, 0.29) is 6.10 Å². The molecular weight excluding hydrogens is 340 g/mol. The topological polar surface area (TPSA) is 66.7 Å². The molecule has 2 aromatic heterocycles. The first-order chi connectivity index (χ1) is 13.3. The minimum Gasteiger partial charge on any atom is -0.488 e. The third kappa shape index (κ3) is 3.24. The van der Waals surface area contributed by atoms with Crippen molar-refractivity contribution in [2.24, 2.45) is 0 Å². The molecule has 1 unspecified atom stereocenters. The second kappa shape index (κ2) is 6.83. The molecule has 2 aliphatic rings. The lowest BCUT2D eigenvalue weighted by Gasteiger charge is -2.25. The SMILES string of the molecule is Cc1ccc2cc1-c1cnn3ccc(nc13)NCCN1CCNC[C@H](C1)O2. The van der Waals surface area contributed by atoms with Gasteiger partial charge in [-0.15, -0.1) is 0 Å². The van der Waals surface area contributed by atoms with Crippen molar-refractivity contribution in [1.82, 2.24) is 24.8 Å². The molecule has 1 aromatic carbocycles. The Balaban J connectivity index is 1.62. The normalized spacial score (nSPS) is 22.6. The summed E-state index contributed by atoms with van der Waals surface area (Å²) >= 11 is 0. The molecule has 27 heavy (non-hydrogen) atoms. The number of benzene rings is 1. The molecular formula is C20H24N6O. The van der Waals surface area contributed by atoms with Gasteiger partial charge in [0.1, 0.15) is 17.7 Å². The molecule has 7 nitrogen and oxygen atoms in total. The molecule has 2 atom stereocenters. The van der Waals surface area contributed by atoms with Crippen LogP contribution in [0.1, 0.15) is 5.56 Å². The van der Waals surface area contributed by atoms with Crippen LogP contribution in [0.4, 0.5) is 5.82 Å². The van der Waals surface area contributed by atoms with Crippen LogP contribution in [0.2, 0.25) is 0 Å². The molecule has 2 aliphatic heterocycles. The lowest BCUT2D eigenvalue weighted by atomic mass is 10.0. The number of ether oxygens (including phenoxy) is 1. The van der Waals surface area contributed by atoms with Crippen molar-refractivity contribution in [2.75, 3.05) is 44.6 Å². The van der Waals surface area contributed by atoms with Crippen molar-refractivity contribution in [1.29, 1.82) is 0 Å². The molecule has 1 saturated heterocycles. The van der Waals surface area contributed by atoms with Crippen molar-refractivity contribution >= 4 is 11.5 Å². The van der Waals surface area contributed by atoms with E-state index in [9.17, 15) is 0 Å². The molecule has 2 N–H and O–H groups in total. The van der Waals surface area contributed by atoms with Crippen molar-refractivity contribution in [3.63, 3.8) is 0 Å².